The van der Waals surface area contributed by atoms with Crippen LogP contribution in [0.2, 0.25) is 0 Å². The van der Waals surface area contributed by atoms with Gasteiger partial charge in [-0.1, -0.05) is 37.6 Å². The van der Waals surface area contributed by atoms with E-state index < -0.39 is 0 Å². The van der Waals surface area contributed by atoms with Gasteiger partial charge in [-0.15, -0.1) is 0 Å². The molecule has 4 aliphatic rings. The molecule has 2 saturated carbocycles. The number of nitrogens with zero attached hydrogens (tertiary/aromatic N) is 1. The molecule has 0 spiro atoms. The summed E-state index contributed by atoms with van der Waals surface area (Å²) >= 11 is 0. The van der Waals surface area contributed by atoms with Crippen LogP contribution in [0.3, 0.4) is 0 Å². The maximum atomic E-state index is 11.0. The summed E-state index contributed by atoms with van der Waals surface area (Å²) in [5, 5.41) is 21.2. The second-order valence-electron chi connectivity index (χ2n) is 9.75. The molecule has 3 nitrogen and oxygen atoms in total. The third-order valence-corrected chi connectivity index (χ3v) is 8.66. The van der Waals surface area contributed by atoms with E-state index in [1.54, 1.807) is 0 Å². The van der Waals surface area contributed by atoms with E-state index in [0.717, 1.165) is 32.1 Å². The van der Waals surface area contributed by atoms with Gasteiger partial charge in [0.25, 0.3) is 0 Å². The lowest BCUT2D eigenvalue weighted by atomic mass is 9.48. The fourth-order valence-corrected chi connectivity index (χ4v) is 7.11. The van der Waals surface area contributed by atoms with Gasteiger partial charge in [0.05, 0.1) is 12.2 Å². The summed E-state index contributed by atoms with van der Waals surface area (Å²) < 4.78 is 0. The second kappa shape index (κ2) is 6.02. The summed E-state index contributed by atoms with van der Waals surface area (Å²) in [5.74, 6) is 1.65. The number of aromatic nitrogens is 1. The highest BCUT2D eigenvalue weighted by molar-refractivity contribution is 5.72. The Morgan fingerprint density at radius 2 is 1.93 bits per heavy atom. The Bertz CT molecular complexity index is 800. The zero-order valence-electron chi connectivity index (χ0n) is 16.4. The molecule has 0 radical (unpaired) electrons. The van der Waals surface area contributed by atoms with Gasteiger partial charge in [0, 0.05) is 17.8 Å². The molecule has 2 fully saturated rings. The molecule has 1 aromatic rings. The van der Waals surface area contributed by atoms with Crippen LogP contribution in [-0.4, -0.2) is 27.4 Å². The molecular weight excluding hydrogens is 334 g/mol. The average Bonchev–Trinajstić information content (AvgIpc) is 2.98. The van der Waals surface area contributed by atoms with E-state index >= 15 is 0 Å². The van der Waals surface area contributed by atoms with Gasteiger partial charge in [0.15, 0.2) is 0 Å². The van der Waals surface area contributed by atoms with Gasteiger partial charge < -0.3 is 10.2 Å². The van der Waals surface area contributed by atoms with Gasteiger partial charge in [-0.25, -0.2) is 0 Å². The predicted molar refractivity (Wildman–Crippen MR) is 107 cm³/mol. The van der Waals surface area contributed by atoms with Crippen LogP contribution >= 0.6 is 0 Å². The summed E-state index contributed by atoms with van der Waals surface area (Å²) in [4.78, 5) is 4.38. The Kier molecular flexibility index (Phi) is 3.93. The third kappa shape index (κ3) is 2.37. The van der Waals surface area contributed by atoms with Crippen LogP contribution in [0.5, 0.6) is 0 Å². The molecule has 0 saturated heterocycles. The number of pyridine rings is 1. The smallest absolute Gasteiger partial charge is 0.0724 e. The van der Waals surface area contributed by atoms with Crippen molar-refractivity contribution in [2.45, 2.75) is 64.6 Å². The van der Waals surface area contributed by atoms with Crippen molar-refractivity contribution in [1.82, 2.24) is 4.98 Å². The van der Waals surface area contributed by atoms with E-state index in [2.05, 4.69) is 37.0 Å². The van der Waals surface area contributed by atoms with Gasteiger partial charge in [-0.05, 0) is 78.9 Å². The van der Waals surface area contributed by atoms with Gasteiger partial charge in [-0.2, -0.15) is 0 Å². The fraction of sp³-hybridized carbons (Fsp3) is 0.625. The second-order valence-corrected chi connectivity index (χ2v) is 9.75. The van der Waals surface area contributed by atoms with Crippen LogP contribution in [-0.2, 0) is 0 Å². The minimum absolute atomic E-state index is 0.143. The largest absolute Gasteiger partial charge is 0.392 e. The Morgan fingerprint density at radius 3 is 2.70 bits per heavy atom. The van der Waals surface area contributed by atoms with E-state index in [-0.39, 0.29) is 23.0 Å². The van der Waals surface area contributed by atoms with Crippen molar-refractivity contribution >= 4 is 5.57 Å². The Labute approximate surface area is 162 Å². The first-order valence-electron chi connectivity index (χ1n) is 10.6. The Morgan fingerprint density at radius 1 is 1.07 bits per heavy atom. The molecule has 4 aliphatic carbocycles. The van der Waals surface area contributed by atoms with Gasteiger partial charge >= 0.3 is 0 Å². The molecule has 0 aromatic carbocycles. The molecule has 5 rings (SSSR count). The molecule has 144 valence electrons. The number of rotatable bonds is 1. The highest BCUT2D eigenvalue weighted by Gasteiger charge is 2.59. The monoisotopic (exact) mass is 365 g/mol. The van der Waals surface area contributed by atoms with E-state index in [4.69, 9.17) is 0 Å². The molecule has 0 amide bonds. The number of allylic oxidation sites excluding steroid dienone is 2. The molecule has 2 N–H and O–H groups in total. The molecular formula is C24H31NO2. The average molecular weight is 366 g/mol. The number of hydrogen-bond acceptors (Lipinski definition) is 3. The SMILES string of the molecule is C[C@]12C(c3cccnc3)=CC3[C@@H](CCC4=CC(O)CC[C@@]43C)C1CCC2O. The van der Waals surface area contributed by atoms with Crippen LogP contribution in [0, 0.1) is 28.6 Å². The minimum Gasteiger partial charge on any atom is -0.392 e. The van der Waals surface area contributed by atoms with Crippen LogP contribution in [0.15, 0.2) is 42.3 Å². The topological polar surface area (TPSA) is 53.4 Å². The number of hydrogen-bond donors (Lipinski definition) is 2. The summed E-state index contributed by atoms with van der Waals surface area (Å²) in [6.45, 7) is 4.72. The van der Waals surface area contributed by atoms with E-state index in [1.165, 1.54) is 23.1 Å². The lowest BCUT2D eigenvalue weighted by molar-refractivity contribution is 0.00602. The first-order chi connectivity index (χ1) is 12.9. The maximum absolute atomic E-state index is 11.0. The normalized spacial score (nSPS) is 46.0. The van der Waals surface area contributed by atoms with Gasteiger partial charge in [0.1, 0.15) is 0 Å². The molecule has 4 unspecified atom stereocenters. The van der Waals surface area contributed by atoms with Crippen molar-refractivity contribution in [3.05, 3.63) is 47.8 Å². The van der Waals surface area contributed by atoms with Crippen LogP contribution in [0.25, 0.3) is 5.57 Å². The van der Waals surface area contributed by atoms with Crippen molar-refractivity contribution in [2.24, 2.45) is 28.6 Å². The van der Waals surface area contributed by atoms with Crippen molar-refractivity contribution in [1.29, 1.82) is 0 Å². The van der Waals surface area contributed by atoms with Gasteiger partial charge in [0.2, 0.25) is 0 Å². The van der Waals surface area contributed by atoms with Crippen LogP contribution < -0.4 is 0 Å². The molecule has 1 heterocycles. The zero-order chi connectivity index (χ0) is 18.8. The summed E-state index contributed by atoms with van der Waals surface area (Å²) in [7, 11) is 0. The summed E-state index contributed by atoms with van der Waals surface area (Å²) in [6, 6.07) is 4.16. The molecule has 0 bridgehead atoms. The standard InChI is InChI=1S/C24H31NO2/c1-23-10-9-17(26)12-16(23)5-6-18-19-7-8-22(27)24(19,2)20(13-21(18)23)15-4-3-11-25-14-15/h3-4,11-14,17-19,21-22,26-27H,5-10H2,1-2H3/t17?,18-,19?,21?,22?,23-,24+/m0/s1. The summed E-state index contributed by atoms with van der Waals surface area (Å²) in [6.07, 6.45) is 14.1. The maximum Gasteiger partial charge on any atom is 0.0724 e. The first-order valence-corrected chi connectivity index (χ1v) is 10.6. The van der Waals surface area contributed by atoms with Gasteiger partial charge in [-0.3, -0.25) is 4.98 Å². The molecule has 3 heteroatoms. The van der Waals surface area contributed by atoms with E-state index in [9.17, 15) is 10.2 Å². The lowest BCUT2D eigenvalue weighted by Gasteiger charge is -2.57. The number of fused-ring (bicyclic) bond motifs is 5. The van der Waals surface area contributed by atoms with Crippen molar-refractivity contribution in [2.75, 3.05) is 0 Å². The lowest BCUT2D eigenvalue weighted by Crippen LogP contribution is -2.50. The fourth-order valence-electron chi connectivity index (χ4n) is 7.11. The predicted octanol–water partition coefficient (Wildman–Crippen LogP) is 4.37. The molecule has 27 heavy (non-hydrogen) atoms. The van der Waals surface area contributed by atoms with Crippen molar-refractivity contribution in [3.8, 4) is 0 Å². The number of aliphatic hydroxyl groups excluding tert-OH is 2. The number of aliphatic hydroxyl groups is 2. The molecule has 0 aliphatic heterocycles. The van der Waals surface area contributed by atoms with Crippen molar-refractivity contribution in [3.63, 3.8) is 0 Å². The van der Waals surface area contributed by atoms with E-state index in [0.29, 0.717) is 17.8 Å². The van der Waals surface area contributed by atoms with Crippen LogP contribution in [0.1, 0.15) is 57.9 Å². The highest BCUT2D eigenvalue weighted by atomic mass is 16.3. The quantitative estimate of drug-likeness (QED) is 0.727. The van der Waals surface area contributed by atoms with E-state index in [1.807, 2.05) is 18.5 Å². The molecule has 1 aromatic heterocycles. The Hall–Kier alpha value is -1.45. The minimum atomic E-state index is -0.271. The first kappa shape index (κ1) is 17.6. The summed E-state index contributed by atoms with van der Waals surface area (Å²) in [5.41, 5.74) is 3.91. The molecule has 7 atom stereocenters. The van der Waals surface area contributed by atoms with Crippen molar-refractivity contribution < 1.29 is 10.2 Å². The third-order valence-electron chi connectivity index (χ3n) is 8.66. The zero-order valence-corrected chi connectivity index (χ0v) is 16.4. The Balaban J connectivity index is 1.68. The highest BCUT2D eigenvalue weighted by Crippen LogP contribution is 2.66. The van der Waals surface area contributed by atoms with Crippen LogP contribution in [0.4, 0.5) is 0 Å².